The predicted molar refractivity (Wildman–Crippen MR) is 132 cm³/mol. The molecule has 1 unspecified atom stereocenters. The van der Waals surface area contributed by atoms with E-state index in [4.69, 9.17) is 4.74 Å². The Hall–Kier alpha value is -4.11. The van der Waals surface area contributed by atoms with E-state index >= 15 is 0 Å². The van der Waals surface area contributed by atoms with Crippen molar-refractivity contribution in [2.24, 2.45) is 0 Å². The molecule has 9 heteroatoms. The number of nitrogens with zero attached hydrogens (tertiary/aromatic N) is 1. The molecule has 8 nitrogen and oxygen atoms in total. The number of amides is 3. The molecule has 178 valence electrons. The summed E-state index contributed by atoms with van der Waals surface area (Å²) in [4.78, 5) is 51.5. The normalized spacial score (nSPS) is 15.1. The van der Waals surface area contributed by atoms with Crippen molar-refractivity contribution in [1.82, 2.24) is 0 Å². The molecule has 1 N–H and O–H groups in total. The van der Waals surface area contributed by atoms with Crippen molar-refractivity contribution < 1.29 is 28.7 Å². The highest BCUT2D eigenvalue weighted by Gasteiger charge is 2.40. The van der Waals surface area contributed by atoms with E-state index < -0.39 is 11.2 Å². The van der Waals surface area contributed by atoms with Crippen LogP contribution in [0.25, 0.3) is 0 Å². The van der Waals surface area contributed by atoms with Crippen LogP contribution in [0.5, 0.6) is 5.75 Å². The molecular formula is C26H22N2O6S. The van der Waals surface area contributed by atoms with Gasteiger partial charge in [-0.2, -0.15) is 0 Å². The number of hydrogen-bond acceptors (Lipinski definition) is 7. The minimum atomic E-state index is -0.567. The van der Waals surface area contributed by atoms with Crippen molar-refractivity contribution >= 4 is 46.8 Å². The molecule has 0 spiro atoms. The van der Waals surface area contributed by atoms with E-state index in [1.807, 2.05) is 0 Å². The second kappa shape index (κ2) is 10.4. The third-order valence-electron chi connectivity index (χ3n) is 5.39. The molecule has 3 amide bonds. The van der Waals surface area contributed by atoms with E-state index in [0.29, 0.717) is 28.3 Å². The first-order valence-corrected chi connectivity index (χ1v) is 11.5. The summed E-state index contributed by atoms with van der Waals surface area (Å²) >= 11 is 1.29. The third-order valence-corrected chi connectivity index (χ3v) is 6.59. The summed E-state index contributed by atoms with van der Waals surface area (Å²) in [6.45, 7) is 0. The van der Waals surface area contributed by atoms with Gasteiger partial charge in [-0.3, -0.25) is 14.4 Å². The maximum absolute atomic E-state index is 12.9. The van der Waals surface area contributed by atoms with Gasteiger partial charge in [-0.1, -0.05) is 0 Å². The van der Waals surface area contributed by atoms with Gasteiger partial charge in [0.15, 0.2) is 0 Å². The topological polar surface area (TPSA) is 102 Å². The third kappa shape index (κ3) is 5.36. The van der Waals surface area contributed by atoms with Crippen molar-refractivity contribution in [2.75, 3.05) is 24.4 Å². The lowest BCUT2D eigenvalue weighted by Gasteiger charge is -2.15. The number of ether oxygens (including phenoxy) is 2. The van der Waals surface area contributed by atoms with E-state index in [-0.39, 0.29) is 24.1 Å². The molecule has 1 atom stereocenters. The Kier molecular flexibility index (Phi) is 7.17. The Morgan fingerprint density at radius 2 is 1.51 bits per heavy atom. The molecule has 0 bridgehead atoms. The van der Waals surface area contributed by atoms with Crippen molar-refractivity contribution in [3.63, 3.8) is 0 Å². The number of esters is 1. The maximum atomic E-state index is 12.9. The summed E-state index contributed by atoms with van der Waals surface area (Å²) in [5.74, 6) is -0.699. The van der Waals surface area contributed by atoms with E-state index in [1.54, 1.807) is 67.8 Å². The number of anilines is 2. The van der Waals surface area contributed by atoms with Gasteiger partial charge in [0.2, 0.25) is 11.8 Å². The molecular weight excluding hydrogens is 468 g/mol. The van der Waals surface area contributed by atoms with Crippen LogP contribution >= 0.6 is 11.8 Å². The molecule has 4 rings (SSSR count). The number of benzene rings is 3. The molecule has 3 aromatic rings. The number of imide groups is 1. The zero-order chi connectivity index (χ0) is 24.9. The minimum absolute atomic E-state index is 0.0677. The van der Waals surface area contributed by atoms with Crippen LogP contribution in [-0.4, -0.2) is 43.2 Å². The Labute approximate surface area is 206 Å². The number of thioether (sulfide) groups is 1. The van der Waals surface area contributed by atoms with E-state index in [9.17, 15) is 19.2 Å². The second-order valence-electron chi connectivity index (χ2n) is 7.62. The standard InChI is InChI=1S/C26H22N2O6S/c1-33-20-11-5-16(6-12-20)24(30)27-18-7-13-21(14-8-18)35-22-15-23(29)28(25(22)31)19-9-3-17(4-10-19)26(32)34-2/h3-14,22H,15H2,1-2H3,(H,27,30). The molecule has 0 saturated carbocycles. The van der Waals surface area contributed by atoms with E-state index in [0.717, 1.165) is 9.80 Å². The monoisotopic (exact) mass is 490 g/mol. The number of nitrogens with one attached hydrogen (secondary N) is 1. The predicted octanol–water partition coefficient (Wildman–Crippen LogP) is 4.16. The van der Waals surface area contributed by atoms with Crippen molar-refractivity contribution in [1.29, 1.82) is 0 Å². The van der Waals surface area contributed by atoms with Crippen molar-refractivity contribution in [2.45, 2.75) is 16.6 Å². The number of rotatable bonds is 7. The first kappa shape index (κ1) is 24.0. The van der Waals surface area contributed by atoms with Gasteiger partial charge in [0.25, 0.3) is 5.91 Å². The molecule has 1 saturated heterocycles. The van der Waals surface area contributed by atoms with Gasteiger partial charge in [0, 0.05) is 22.6 Å². The van der Waals surface area contributed by atoms with Crippen LogP contribution in [-0.2, 0) is 14.3 Å². The lowest BCUT2D eigenvalue weighted by atomic mass is 10.2. The Balaban J connectivity index is 1.38. The molecule has 0 aromatic heterocycles. The highest BCUT2D eigenvalue weighted by atomic mass is 32.2. The zero-order valence-electron chi connectivity index (χ0n) is 19.0. The van der Waals surface area contributed by atoms with Crippen LogP contribution in [0, 0.1) is 0 Å². The number of carbonyl (C=O) groups excluding carboxylic acids is 4. The highest BCUT2D eigenvalue weighted by molar-refractivity contribution is 8.00. The van der Waals surface area contributed by atoms with Crippen LogP contribution in [0.15, 0.2) is 77.7 Å². The average Bonchev–Trinajstić information content (AvgIpc) is 3.17. The molecule has 1 aliphatic rings. The SMILES string of the molecule is COC(=O)c1ccc(N2C(=O)CC(Sc3ccc(NC(=O)c4ccc(OC)cc4)cc3)C2=O)cc1. The van der Waals surface area contributed by atoms with Crippen molar-refractivity contribution in [3.8, 4) is 5.75 Å². The summed E-state index contributed by atoms with van der Waals surface area (Å²) in [7, 11) is 2.85. The fourth-order valence-corrected chi connectivity index (χ4v) is 4.61. The van der Waals surface area contributed by atoms with Gasteiger partial charge in [-0.05, 0) is 72.8 Å². The first-order chi connectivity index (χ1) is 16.9. The molecule has 0 radical (unpaired) electrons. The van der Waals surface area contributed by atoms with Gasteiger partial charge in [-0.25, -0.2) is 9.69 Å². The number of methoxy groups -OCH3 is 2. The van der Waals surface area contributed by atoms with Crippen molar-refractivity contribution in [3.05, 3.63) is 83.9 Å². The molecule has 1 aliphatic heterocycles. The maximum Gasteiger partial charge on any atom is 0.337 e. The second-order valence-corrected chi connectivity index (χ2v) is 8.90. The fourth-order valence-electron chi connectivity index (χ4n) is 3.56. The highest BCUT2D eigenvalue weighted by Crippen LogP contribution is 2.34. The lowest BCUT2D eigenvalue weighted by Crippen LogP contribution is -2.31. The summed E-state index contributed by atoms with van der Waals surface area (Å²) in [6, 6.07) is 20.0. The Morgan fingerprint density at radius 1 is 0.886 bits per heavy atom. The molecule has 35 heavy (non-hydrogen) atoms. The number of hydrogen-bond donors (Lipinski definition) is 1. The lowest BCUT2D eigenvalue weighted by molar-refractivity contribution is -0.121. The van der Waals surface area contributed by atoms with Crippen LogP contribution in [0.1, 0.15) is 27.1 Å². The van der Waals surface area contributed by atoms with Crippen LogP contribution in [0.2, 0.25) is 0 Å². The molecule has 1 heterocycles. The fraction of sp³-hybridized carbons (Fsp3) is 0.154. The van der Waals surface area contributed by atoms with E-state index in [2.05, 4.69) is 10.1 Å². The Bertz CT molecular complexity index is 1260. The summed E-state index contributed by atoms with van der Waals surface area (Å²) in [5, 5.41) is 2.26. The van der Waals surface area contributed by atoms with Crippen LogP contribution < -0.4 is 15.0 Å². The van der Waals surface area contributed by atoms with Gasteiger partial charge < -0.3 is 14.8 Å². The van der Waals surface area contributed by atoms with Crippen LogP contribution in [0.3, 0.4) is 0 Å². The Morgan fingerprint density at radius 3 is 2.11 bits per heavy atom. The van der Waals surface area contributed by atoms with Gasteiger partial charge in [0.05, 0.1) is 30.7 Å². The van der Waals surface area contributed by atoms with Gasteiger partial charge >= 0.3 is 5.97 Å². The average molecular weight is 491 g/mol. The largest absolute Gasteiger partial charge is 0.497 e. The summed E-state index contributed by atoms with van der Waals surface area (Å²) in [6.07, 6.45) is 0.0677. The molecule has 3 aromatic carbocycles. The first-order valence-electron chi connectivity index (χ1n) is 10.7. The quantitative estimate of drug-likeness (QED) is 0.392. The summed E-state index contributed by atoms with van der Waals surface area (Å²) in [5.41, 5.74) is 1.85. The smallest absolute Gasteiger partial charge is 0.337 e. The zero-order valence-corrected chi connectivity index (χ0v) is 19.8. The van der Waals surface area contributed by atoms with Gasteiger partial charge in [-0.15, -0.1) is 11.8 Å². The summed E-state index contributed by atoms with van der Waals surface area (Å²) < 4.78 is 9.77. The molecule has 1 fully saturated rings. The van der Waals surface area contributed by atoms with E-state index in [1.165, 1.54) is 31.0 Å². The number of carbonyl (C=O) groups is 4. The minimum Gasteiger partial charge on any atom is -0.497 e. The molecule has 0 aliphatic carbocycles. The van der Waals surface area contributed by atoms with Crippen LogP contribution in [0.4, 0.5) is 11.4 Å². The van der Waals surface area contributed by atoms with Gasteiger partial charge in [0.1, 0.15) is 5.75 Å².